The fourth-order valence-electron chi connectivity index (χ4n) is 3.79. The Kier molecular flexibility index (Phi) is 5.80. The van der Waals surface area contributed by atoms with E-state index in [2.05, 4.69) is 46.4 Å². The van der Waals surface area contributed by atoms with Crippen LogP contribution >= 0.6 is 0 Å². The van der Waals surface area contributed by atoms with E-state index in [1.54, 1.807) is 0 Å². The number of piperidine rings is 1. The van der Waals surface area contributed by atoms with E-state index in [4.69, 9.17) is 9.97 Å². The Morgan fingerprint density at radius 1 is 1.04 bits per heavy atom. The van der Waals surface area contributed by atoms with E-state index in [0.717, 1.165) is 36.0 Å². The van der Waals surface area contributed by atoms with Crippen molar-refractivity contribution in [2.24, 2.45) is 0 Å². The van der Waals surface area contributed by atoms with Gasteiger partial charge in [0.25, 0.3) is 0 Å². The van der Waals surface area contributed by atoms with Gasteiger partial charge in [-0.15, -0.1) is 0 Å². The maximum Gasteiger partial charge on any atom is 0.228 e. The van der Waals surface area contributed by atoms with Gasteiger partial charge < -0.3 is 10.2 Å². The van der Waals surface area contributed by atoms with Crippen LogP contribution in [0.2, 0.25) is 0 Å². The van der Waals surface area contributed by atoms with E-state index >= 15 is 0 Å². The Hall–Kier alpha value is -2.95. The molecule has 1 N–H and O–H groups in total. The molecule has 4 rings (SSSR count). The summed E-state index contributed by atoms with van der Waals surface area (Å²) in [7, 11) is 0. The van der Waals surface area contributed by atoms with Crippen molar-refractivity contribution < 1.29 is 0 Å². The number of rotatable bonds is 6. The summed E-state index contributed by atoms with van der Waals surface area (Å²) < 4.78 is 0. The van der Waals surface area contributed by atoms with Gasteiger partial charge in [0.05, 0.1) is 5.69 Å². The third-order valence-corrected chi connectivity index (χ3v) is 5.36. The van der Waals surface area contributed by atoms with Gasteiger partial charge in [-0.1, -0.05) is 37.3 Å². The van der Waals surface area contributed by atoms with Crippen LogP contribution in [-0.2, 0) is 6.54 Å². The van der Waals surface area contributed by atoms with Gasteiger partial charge in [-0.05, 0) is 43.4 Å². The number of hydrogen-bond donors (Lipinski definition) is 1. The zero-order valence-corrected chi connectivity index (χ0v) is 16.4. The molecule has 0 bridgehead atoms. The van der Waals surface area contributed by atoms with E-state index in [0.29, 0.717) is 12.6 Å². The summed E-state index contributed by atoms with van der Waals surface area (Å²) in [6, 6.07) is 17.0. The standard InChI is InChI=1S/C23H27N5/c1-2-20-10-6-7-15-28(20)23-26-21(19-8-4-3-5-9-19)16-22(27-23)25-17-18-11-13-24-14-12-18/h3-5,8-9,11-14,16,20H,2,6-7,10,15,17H2,1H3,(H,25,26,27). The molecule has 0 aliphatic carbocycles. The smallest absolute Gasteiger partial charge is 0.228 e. The lowest BCUT2D eigenvalue weighted by Crippen LogP contribution is -2.40. The Balaban J connectivity index is 1.66. The number of aromatic nitrogens is 3. The summed E-state index contributed by atoms with van der Waals surface area (Å²) in [6.07, 6.45) is 8.47. The van der Waals surface area contributed by atoms with E-state index in [1.165, 1.54) is 24.8 Å². The van der Waals surface area contributed by atoms with Crippen molar-refractivity contribution in [2.75, 3.05) is 16.8 Å². The highest BCUT2D eigenvalue weighted by atomic mass is 15.3. The molecule has 0 radical (unpaired) electrons. The molecule has 2 aromatic heterocycles. The van der Waals surface area contributed by atoms with Crippen molar-refractivity contribution in [3.8, 4) is 11.3 Å². The average molecular weight is 374 g/mol. The first kappa shape index (κ1) is 18.4. The molecule has 0 spiro atoms. The number of benzene rings is 1. The number of anilines is 2. The number of nitrogens with one attached hydrogen (secondary N) is 1. The molecule has 5 heteroatoms. The lowest BCUT2D eigenvalue weighted by atomic mass is 10.0. The molecule has 1 aliphatic heterocycles. The van der Waals surface area contributed by atoms with Crippen LogP contribution in [0.4, 0.5) is 11.8 Å². The van der Waals surface area contributed by atoms with Crippen molar-refractivity contribution in [3.63, 3.8) is 0 Å². The summed E-state index contributed by atoms with van der Waals surface area (Å²) in [4.78, 5) is 16.3. The average Bonchev–Trinajstić information content (AvgIpc) is 2.79. The largest absolute Gasteiger partial charge is 0.366 e. The molecule has 3 heterocycles. The zero-order chi connectivity index (χ0) is 19.2. The minimum atomic E-state index is 0.521. The second kappa shape index (κ2) is 8.83. The van der Waals surface area contributed by atoms with E-state index < -0.39 is 0 Å². The lowest BCUT2D eigenvalue weighted by molar-refractivity contribution is 0.443. The number of nitrogens with zero attached hydrogens (tertiary/aromatic N) is 4. The molecule has 28 heavy (non-hydrogen) atoms. The van der Waals surface area contributed by atoms with Gasteiger partial charge in [-0.2, -0.15) is 4.98 Å². The quantitative estimate of drug-likeness (QED) is 0.665. The van der Waals surface area contributed by atoms with Crippen molar-refractivity contribution in [1.29, 1.82) is 0 Å². The van der Waals surface area contributed by atoms with Gasteiger partial charge in [0, 0.05) is 43.2 Å². The fraction of sp³-hybridized carbons (Fsp3) is 0.348. The Morgan fingerprint density at radius 3 is 2.64 bits per heavy atom. The van der Waals surface area contributed by atoms with Crippen LogP contribution in [0.5, 0.6) is 0 Å². The molecule has 1 unspecified atom stereocenters. The third-order valence-electron chi connectivity index (χ3n) is 5.36. The van der Waals surface area contributed by atoms with Crippen LogP contribution in [0.15, 0.2) is 60.9 Å². The summed E-state index contributed by atoms with van der Waals surface area (Å²) >= 11 is 0. The predicted octanol–water partition coefficient (Wildman–Crippen LogP) is 4.92. The fourth-order valence-corrected chi connectivity index (χ4v) is 3.79. The van der Waals surface area contributed by atoms with Gasteiger partial charge in [0.1, 0.15) is 5.82 Å². The Morgan fingerprint density at radius 2 is 1.86 bits per heavy atom. The molecule has 0 saturated carbocycles. The van der Waals surface area contributed by atoms with Crippen LogP contribution < -0.4 is 10.2 Å². The number of hydrogen-bond acceptors (Lipinski definition) is 5. The van der Waals surface area contributed by atoms with Crippen LogP contribution in [0.3, 0.4) is 0 Å². The van der Waals surface area contributed by atoms with Crippen molar-refractivity contribution in [1.82, 2.24) is 15.0 Å². The molecule has 3 aromatic rings. The SMILES string of the molecule is CCC1CCCCN1c1nc(NCc2ccncc2)cc(-c2ccccc2)n1. The van der Waals surface area contributed by atoms with E-state index in [9.17, 15) is 0 Å². The first-order valence-corrected chi connectivity index (χ1v) is 10.2. The van der Waals surface area contributed by atoms with Gasteiger partial charge in [-0.25, -0.2) is 4.98 Å². The molecule has 1 aliphatic rings. The van der Waals surface area contributed by atoms with Gasteiger partial charge in [0.2, 0.25) is 5.95 Å². The van der Waals surface area contributed by atoms with E-state index in [1.807, 2.05) is 36.7 Å². The monoisotopic (exact) mass is 373 g/mol. The van der Waals surface area contributed by atoms with Crippen LogP contribution in [0, 0.1) is 0 Å². The molecule has 1 saturated heterocycles. The Bertz CT molecular complexity index is 882. The molecule has 0 amide bonds. The second-order valence-electron chi connectivity index (χ2n) is 7.26. The molecular formula is C23H27N5. The first-order chi connectivity index (χ1) is 13.8. The van der Waals surface area contributed by atoms with Gasteiger partial charge in [-0.3, -0.25) is 4.98 Å². The molecule has 1 atom stereocenters. The summed E-state index contributed by atoms with van der Waals surface area (Å²) in [5.74, 6) is 1.70. The predicted molar refractivity (Wildman–Crippen MR) is 114 cm³/mol. The van der Waals surface area contributed by atoms with Crippen molar-refractivity contribution in [3.05, 3.63) is 66.5 Å². The van der Waals surface area contributed by atoms with Gasteiger partial charge >= 0.3 is 0 Å². The Labute approximate surface area is 166 Å². The maximum absolute atomic E-state index is 4.95. The topological polar surface area (TPSA) is 53.9 Å². The summed E-state index contributed by atoms with van der Waals surface area (Å²) in [6.45, 7) is 4.00. The molecular weight excluding hydrogens is 346 g/mol. The van der Waals surface area contributed by atoms with Crippen LogP contribution in [-0.4, -0.2) is 27.5 Å². The minimum absolute atomic E-state index is 0.521. The lowest BCUT2D eigenvalue weighted by Gasteiger charge is -2.35. The highest BCUT2D eigenvalue weighted by Crippen LogP contribution is 2.28. The first-order valence-electron chi connectivity index (χ1n) is 10.2. The highest BCUT2D eigenvalue weighted by Gasteiger charge is 2.24. The molecule has 144 valence electrons. The van der Waals surface area contributed by atoms with Crippen molar-refractivity contribution in [2.45, 2.75) is 45.2 Å². The molecule has 1 fully saturated rings. The highest BCUT2D eigenvalue weighted by molar-refractivity contribution is 5.64. The molecule has 5 nitrogen and oxygen atoms in total. The third kappa shape index (κ3) is 4.30. The summed E-state index contributed by atoms with van der Waals surface area (Å²) in [5.41, 5.74) is 3.26. The van der Waals surface area contributed by atoms with Crippen LogP contribution in [0.25, 0.3) is 11.3 Å². The van der Waals surface area contributed by atoms with Crippen LogP contribution in [0.1, 0.15) is 38.2 Å². The maximum atomic E-state index is 4.95. The van der Waals surface area contributed by atoms with Gasteiger partial charge in [0.15, 0.2) is 0 Å². The van der Waals surface area contributed by atoms with E-state index in [-0.39, 0.29) is 0 Å². The molecule has 1 aromatic carbocycles. The summed E-state index contributed by atoms with van der Waals surface area (Å²) in [5, 5.41) is 3.48. The second-order valence-corrected chi connectivity index (χ2v) is 7.26. The normalized spacial score (nSPS) is 16.8. The number of pyridine rings is 1. The zero-order valence-electron chi connectivity index (χ0n) is 16.4. The van der Waals surface area contributed by atoms with Crippen molar-refractivity contribution >= 4 is 11.8 Å². The minimum Gasteiger partial charge on any atom is -0.366 e.